The summed E-state index contributed by atoms with van der Waals surface area (Å²) in [5, 5.41) is 0. The topological polar surface area (TPSA) is 0 Å². The summed E-state index contributed by atoms with van der Waals surface area (Å²) in [5.74, 6) is 0. The summed E-state index contributed by atoms with van der Waals surface area (Å²) in [6, 6.07) is 14.9. The normalized spacial score (nSPS) is 12.5. The van der Waals surface area contributed by atoms with Gasteiger partial charge in [0.25, 0.3) is 0 Å². The lowest BCUT2D eigenvalue weighted by Crippen LogP contribution is -2.17. The van der Waals surface area contributed by atoms with Crippen LogP contribution in [-0.4, -0.2) is 0 Å². The molecule has 0 saturated carbocycles. The molecule has 2 rings (SSSR count). The van der Waals surface area contributed by atoms with E-state index < -0.39 is 0 Å². The molecule has 2 aromatic carbocycles. The van der Waals surface area contributed by atoms with Crippen molar-refractivity contribution in [3.8, 4) is 11.1 Å². The van der Waals surface area contributed by atoms with Crippen LogP contribution < -0.4 is 0 Å². The van der Waals surface area contributed by atoms with E-state index in [2.05, 4.69) is 91.8 Å². The first-order valence-electron chi connectivity index (χ1n) is 8.15. The van der Waals surface area contributed by atoms with Crippen LogP contribution in [-0.2, 0) is 10.8 Å². The average molecular weight is 293 g/mol. The molecule has 0 aliphatic heterocycles. The van der Waals surface area contributed by atoms with E-state index in [9.17, 15) is 0 Å². The molecular formula is C22H29. The van der Waals surface area contributed by atoms with Gasteiger partial charge in [-0.15, -0.1) is 0 Å². The zero-order valence-corrected chi connectivity index (χ0v) is 15.4. The Balaban J connectivity index is 2.76. The minimum atomic E-state index is 0.104. The lowest BCUT2D eigenvalue weighted by atomic mass is 9.78. The summed E-state index contributed by atoms with van der Waals surface area (Å²) in [5.41, 5.74) is 8.16. The first kappa shape index (κ1) is 16.8. The third-order valence-electron chi connectivity index (χ3n) is 4.25. The van der Waals surface area contributed by atoms with Gasteiger partial charge < -0.3 is 0 Å². The largest absolute Gasteiger partial charge is 0.0617 e. The highest BCUT2D eigenvalue weighted by Crippen LogP contribution is 2.35. The zero-order valence-electron chi connectivity index (χ0n) is 15.4. The van der Waals surface area contributed by atoms with Crippen LogP contribution in [0.1, 0.15) is 63.8 Å². The standard InChI is InChI=1S/C22H29/c1-15-10-9-11-16(2)20(15)17-12-18(21(3,4)5)14-19(13-17)22(6,7)8/h9-13H,1-8H3. The van der Waals surface area contributed by atoms with E-state index in [-0.39, 0.29) is 10.8 Å². The summed E-state index contributed by atoms with van der Waals surface area (Å²) < 4.78 is 0. The van der Waals surface area contributed by atoms with E-state index in [4.69, 9.17) is 0 Å². The number of benzene rings is 2. The van der Waals surface area contributed by atoms with Gasteiger partial charge in [0.1, 0.15) is 0 Å². The van der Waals surface area contributed by atoms with Crippen LogP contribution in [0.5, 0.6) is 0 Å². The molecule has 1 radical (unpaired) electrons. The summed E-state index contributed by atoms with van der Waals surface area (Å²) >= 11 is 0. The Morgan fingerprint density at radius 3 is 1.50 bits per heavy atom. The molecule has 0 unspecified atom stereocenters. The van der Waals surface area contributed by atoms with Gasteiger partial charge >= 0.3 is 0 Å². The van der Waals surface area contributed by atoms with Crippen molar-refractivity contribution in [2.45, 2.75) is 66.2 Å². The van der Waals surface area contributed by atoms with Gasteiger partial charge in [0.05, 0.1) is 0 Å². The van der Waals surface area contributed by atoms with Crippen molar-refractivity contribution in [2.24, 2.45) is 0 Å². The molecule has 117 valence electrons. The van der Waals surface area contributed by atoms with Gasteiger partial charge in [-0.05, 0) is 76.3 Å². The molecule has 0 aliphatic carbocycles. The Morgan fingerprint density at radius 2 is 1.14 bits per heavy atom. The third kappa shape index (κ3) is 3.43. The first-order chi connectivity index (χ1) is 10.00. The van der Waals surface area contributed by atoms with Crippen LogP contribution in [0.25, 0.3) is 11.1 Å². The predicted octanol–water partition coefficient (Wildman–Crippen LogP) is 6.37. The monoisotopic (exact) mass is 293 g/mol. The summed E-state index contributed by atoms with van der Waals surface area (Å²) in [4.78, 5) is 0. The summed E-state index contributed by atoms with van der Waals surface area (Å²) in [6.45, 7) is 18.0. The smallest absolute Gasteiger partial charge is 0.0103 e. The number of hydrogen-bond donors (Lipinski definition) is 0. The van der Waals surface area contributed by atoms with Crippen molar-refractivity contribution in [2.75, 3.05) is 0 Å². The fourth-order valence-corrected chi connectivity index (χ4v) is 2.79. The molecule has 0 bridgehead atoms. The van der Waals surface area contributed by atoms with Crippen molar-refractivity contribution in [1.29, 1.82) is 0 Å². The lowest BCUT2D eigenvalue weighted by molar-refractivity contribution is 0.567. The molecule has 2 aromatic rings. The maximum atomic E-state index is 3.67. The number of aryl methyl sites for hydroxylation is 2. The summed E-state index contributed by atoms with van der Waals surface area (Å²) in [6.07, 6.45) is 0. The minimum Gasteiger partial charge on any atom is -0.0617 e. The van der Waals surface area contributed by atoms with Gasteiger partial charge in [-0.2, -0.15) is 0 Å². The van der Waals surface area contributed by atoms with Crippen molar-refractivity contribution < 1.29 is 0 Å². The molecule has 0 aromatic heterocycles. The quantitative estimate of drug-likeness (QED) is 0.573. The van der Waals surface area contributed by atoms with Crippen molar-refractivity contribution in [3.05, 3.63) is 58.7 Å². The maximum absolute atomic E-state index is 3.67. The third-order valence-corrected chi connectivity index (χ3v) is 4.25. The van der Waals surface area contributed by atoms with Gasteiger partial charge in [0.2, 0.25) is 0 Å². The highest BCUT2D eigenvalue weighted by atomic mass is 14.3. The second-order valence-corrected chi connectivity index (χ2v) is 8.46. The van der Waals surface area contributed by atoms with Crippen molar-refractivity contribution in [3.63, 3.8) is 0 Å². The molecule has 0 fully saturated rings. The molecule has 0 heteroatoms. The Labute approximate surface area is 136 Å². The second kappa shape index (κ2) is 5.57. The average Bonchev–Trinajstić information content (AvgIpc) is 2.36. The van der Waals surface area contributed by atoms with E-state index in [0.29, 0.717) is 0 Å². The number of hydrogen-bond acceptors (Lipinski definition) is 0. The van der Waals surface area contributed by atoms with Gasteiger partial charge in [-0.25, -0.2) is 0 Å². The van der Waals surface area contributed by atoms with Crippen LogP contribution in [0.2, 0.25) is 0 Å². The Hall–Kier alpha value is -1.56. The Morgan fingerprint density at radius 1 is 0.727 bits per heavy atom. The molecule has 22 heavy (non-hydrogen) atoms. The molecule has 0 spiro atoms. The van der Waals surface area contributed by atoms with E-state index in [1.165, 1.54) is 33.4 Å². The van der Waals surface area contributed by atoms with Gasteiger partial charge in [-0.3, -0.25) is 0 Å². The molecule has 0 atom stereocenters. The van der Waals surface area contributed by atoms with Gasteiger partial charge in [0, 0.05) is 0 Å². The van der Waals surface area contributed by atoms with Crippen LogP contribution >= 0.6 is 0 Å². The van der Waals surface area contributed by atoms with Gasteiger partial charge in [-0.1, -0.05) is 59.7 Å². The van der Waals surface area contributed by atoms with Crippen LogP contribution in [0.3, 0.4) is 0 Å². The molecular weight excluding hydrogens is 264 g/mol. The van der Waals surface area contributed by atoms with Crippen LogP contribution in [0, 0.1) is 19.9 Å². The second-order valence-electron chi connectivity index (χ2n) is 8.46. The van der Waals surface area contributed by atoms with Crippen molar-refractivity contribution >= 4 is 0 Å². The van der Waals surface area contributed by atoms with E-state index in [1.807, 2.05) is 0 Å². The van der Waals surface area contributed by atoms with E-state index in [0.717, 1.165) is 0 Å². The lowest BCUT2D eigenvalue weighted by Gasteiger charge is -2.26. The molecule has 0 nitrogen and oxygen atoms in total. The number of rotatable bonds is 1. The Kier molecular flexibility index (Phi) is 4.26. The molecule has 0 amide bonds. The van der Waals surface area contributed by atoms with E-state index in [1.54, 1.807) is 0 Å². The zero-order chi connectivity index (χ0) is 16.7. The van der Waals surface area contributed by atoms with Crippen LogP contribution in [0.15, 0.2) is 30.3 Å². The van der Waals surface area contributed by atoms with Crippen LogP contribution in [0.4, 0.5) is 0 Å². The first-order valence-corrected chi connectivity index (χ1v) is 8.15. The van der Waals surface area contributed by atoms with E-state index >= 15 is 0 Å². The molecule has 0 heterocycles. The predicted molar refractivity (Wildman–Crippen MR) is 97.6 cm³/mol. The fraction of sp³-hybridized carbons (Fsp3) is 0.455. The Bertz CT molecular complexity index is 624. The summed E-state index contributed by atoms with van der Waals surface area (Å²) in [7, 11) is 0. The minimum absolute atomic E-state index is 0.104. The van der Waals surface area contributed by atoms with Gasteiger partial charge in [0.15, 0.2) is 0 Å². The molecule has 0 saturated heterocycles. The molecule has 0 N–H and O–H groups in total. The highest BCUT2D eigenvalue weighted by Gasteiger charge is 2.22. The highest BCUT2D eigenvalue weighted by molar-refractivity contribution is 5.72. The maximum Gasteiger partial charge on any atom is -0.0103 e. The van der Waals surface area contributed by atoms with Crippen molar-refractivity contribution in [1.82, 2.24) is 0 Å². The molecule has 0 aliphatic rings. The fourth-order valence-electron chi connectivity index (χ4n) is 2.79. The SMILES string of the molecule is Cc1cccc(C)c1-c1cc(C(C)(C)C)[c]c(C(C)(C)C)c1.